The molecule has 0 spiro atoms. The lowest BCUT2D eigenvalue weighted by Crippen LogP contribution is -2.40. The third-order valence-electron chi connectivity index (χ3n) is 4.01. The van der Waals surface area contributed by atoms with Crippen LogP contribution in [0.15, 0.2) is 18.2 Å². The molecule has 1 fully saturated rings. The van der Waals surface area contributed by atoms with Gasteiger partial charge in [0.2, 0.25) is 0 Å². The minimum absolute atomic E-state index is 0.160. The van der Waals surface area contributed by atoms with E-state index in [9.17, 15) is 4.79 Å². The summed E-state index contributed by atoms with van der Waals surface area (Å²) < 4.78 is 5.48. The zero-order valence-corrected chi connectivity index (χ0v) is 11.3. The quantitative estimate of drug-likeness (QED) is 0.894. The molecule has 1 amide bonds. The van der Waals surface area contributed by atoms with Crippen molar-refractivity contribution in [2.24, 2.45) is 0 Å². The molecule has 102 valence electrons. The Hall–Kier alpha value is -1.55. The van der Waals surface area contributed by atoms with E-state index >= 15 is 0 Å². The maximum Gasteiger partial charge on any atom is 0.254 e. The van der Waals surface area contributed by atoms with Crippen LogP contribution in [0.5, 0.6) is 5.75 Å². The van der Waals surface area contributed by atoms with Crippen molar-refractivity contribution < 1.29 is 9.53 Å². The summed E-state index contributed by atoms with van der Waals surface area (Å²) in [4.78, 5) is 14.6. The van der Waals surface area contributed by atoms with Crippen LogP contribution in [0.25, 0.3) is 0 Å². The Morgan fingerprint density at radius 3 is 3.26 bits per heavy atom. The van der Waals surface area contributed by atoms with E-state index in [1.165, 1.54) is 0 Å². The van der Waals surface area contributed by atoms with Gasteiger partial charge in [-0.3, -0.25) is 4.79 Å². The lowest BCUT2D eigenvalue weighted by atomic mass is 10.1. The van der Waals surface area contributed by atoms with E-state index in [1.807, 2.05) is 30.1 Å². The Bertz CT molecular complexity index is 487. The van der Waals surface area contributed by atoms with Gasteiger partial charge in [-0.05, 0) is 43.7 Å². The molecule has 0 saturated carbocycles. The molecule has 19 heavy (non-hydrogen) atoms. The lowest BCUT2D eigenvalue weighted by molar-refractivity contribution is 0.0737. The maximum atomic E-state index is 12.6. The van der Waals surface area contributed by atoms with Crippen molar-refractivity contribution in [2.75, 3.05) is 26.7 Å². The van der Waals surface area contributed by atoms with E-state index in [4.69, 9.17) is 4.74 Å². The van der Waals surface area contributed by atoms with Crippen LogP contribution in [0, 0.1) is 0 Å². The predicted octanol–water partition coefficient (Wildman–Crippen LogP) is 1.45. The third-order valence-corrected chi connectivity index (χ3v) is 4.01. The van der Waals surface area contributed by atoms with Gasteiger partial charge in [-0.25, -0.2) is 0 Å². The smallest absolute Gasteiger partial charge is 0.254 e. The van der Waals surface area contributed by atoms with Crippen LogP contribution in [-0.2, 0) is 6.42 Å². The molecule has 1 atom stereocenters. The van der Waals surface area contributed by atoms with E-state index < -0.39 is 0 Å². The fraction of sp³-hybridized carbons (Fsp3) is 0.533. The summed E-state index contributed by atoms with van der Waals surface area (Å²) in [7, 11) is 1.94. The first-order valence-corrected chi connectivity index (χ1v) is 7.01. The van der Waals surface area contributed by atoms with E-state index in [1.54, 1.807) is 0 Å². The van der Waals surface area contributed by atoms with Crippen molar-refractivity contribution >= 4 is 5.91 Å². The molecule has 4 nitrogen and oxygen atoms in total. The molecular formula is C15H20N2O2. The molecule has 4 heteroatoms. The van der Waals surface area contributed by atoms with Crippen LogP contribution in [0.1, 0.15) is 28.8 Å². The van der Waals surface area contributed by atoms with Crippen molar-refractivity contribution in [2.45, 2.75) is 25.3 Å². The molecule has 1 aromatic rings. The average molecular weight is 260 g/mol. The number of benzene rings is 1. The molecule has 3 rings (SSSR count). The first-order valence-electron chi connectivity index (χ1n) is 7.01. The third kappa shape index (κ3) is 2.32. The summed E-state index contributed by atoms with van der Waals surface area (Å²) >= 11 is 0. The second kappa shape index (κ2) is 5.21. The van der Waals surface area contributed by atoms with Crippen LogP contribution < -0.4 is 10.1 Å². The maximum absolute atomic E-state index is 12.6. The lowest BCUT2D eigenvalue weighted by Gasteiger charge is -2.24. The van der Waals surface area contributed by atoms with Gasteiger partial charge in [0.25, 0.3) is 5.91 Å². The van der Waals surface area contributed by atoms with Crippen molar-refractivity contribution in [1.82, 2.24) is 10.2 Å². The molecular weight excluding hydrogens is 240 g/mol. The topological polar surface area (TPSA) is 41.6 Å². The molecule has 2 heterocycles. The Kier molecular flexibility index (Phi) is 3.42. The van der Waals surface area contributed by atoms with Gasteiger partial charge in [0, 0.05) is 31.1 Å². The number of ether oxygens (including phenoxy) is 1. The van der Waals surface area contributed by atoms with Crippen LogP contribution in [0.2, 0.25) is 0 Å². The van der Waals surface area contributed by atoms with Crippen molar-refractivity contribution in [1.29, 1.82) is 0 Å². The predicted molar refractivity (Wildman–Crippen MR) is 73.6 cm³/mol. The molecule has 0 radical (unpaired) electrons. The van der Waals surface area contributed by atoms with E-state index in [0.717, 1.165) is 55.8 Å². The SMILES string of the molecule is CNCC1CCCN1C(=O)c1ccc2c(c1)CCO2. The van der Waals surface area contributed by atoms with Crippen LogP contribution in [0.4, 0.5) is 0 Å². The van der Waals surface area contributed by atoms with Gasteiger partial charge < -0.3 is 15.0 Å². The molecule has 1 N–H and O–H groups in total. The summed E-state index contributed by atoms with van der Waals surface area (Å²) in [5.74, 6) is 1.09. The van der Waals surface area contributed by atoms with Crippen molar-refractivity contribution in [3.63, 3.8) is 0 Å². The number of likely N-dealkylation sites (tertiary alicyclic amines) is 1. The van der Waals surface area contributed by atoms with Gasteiger partial charge >= 0.3 is 0 Å². The van der Waals surface area contributed by atoms with Gasteiger partial charge in [-0.1, -0.05) is 0 Å². The van der Waals surface area contributed by atoms with Crippen LogP contribution >= 0.6 is 0 Å². The zero-order chi connectivity index (χ0) is 13.2. The molecule has 2 aliphatic rings. The summed E-state index contributed by atoms with van der Waals surface area (Å²) in [6, 6.07) is 6.15. The fourth-order valence-corrected chi connectivity index (χ4v) is 3.04. The number of hydrogen-bond acceptors (Lipinski definition) is 3. The minimum atomic E-state index is 0.160. The van der Waals surface area contributed by atoms with E-state index in [-0.39, 0.29) is 5.91 Å². The van der Waals surface area contributed by atoms with Gasteiger partial charge in [-0.15, -0.1) is 0 Å². The number of likely N-dealkylation sites (N-methyl/N-ethyl adjacent to an activating group) is 1. The fourth-order valence-electron chi connectivity index (χ4n) is 3.04. The molecule has 1 aromatic carbocycles. The highest BCUT2D eigenvalue weighted by Gasteiger charge is 2.29. The molecule has 0 bridgehead atoms. The van der Waals surface area contributed by atoms with Crippen LogP contribution in [0.3, 0.4) is 0 Å². The minimum Gasteiger partial charge on any atom is -0.493 e. The van der Waals surface area contributed by atoms with Crippen LogP contribution in [-0.4, -0.2) is 43.6 Å². The molecule has 0 aliphatic carbocycles. The number of nitrogens with zero attached hydrogens (tertiary/aromatic N) is 1. The zero-order valence-electron chi connectivity index (χ0n) is 11.3. The average Bonchev–Trinajstić information content (AvgIpc) is 3.05. The van der Waals surface area contributed by atoms with Gasteiger partial charge in [-0.2, -0.15) is 0 Å². The number of rotatable bonds is 3. The number of carbonyl (C=O) groups excluding carboxylic acids is 1. The van der Waals surface area contributed by atoms with Crippen molar-refractivity contribution in [3.05, 3.63) is 29.3 Å². The number of nitrogens with one attached hydrogen (secondary N) is 1. The second-order valence-corrected chi connectivity index (χ2v) is 5.27. The van der Waals surface area contributed by atoms with Gasteiger partial charge in [0.15, 0.2) is 0 Å². The summed E-state index contributed by atoms with van der Waals surface area (Å²) in [6.45, 7) is 2.48. The molecule has 0 aromatic heterocycles. The van der Waals surface area contributed by atoms with Gasteiger partial charge in [0.05, 0.1) is 6.61 Å². The molecule has 1 saturated heterocycles. The monoisotopic (exact) mass is 260 g/mol. The highest BCUT2D eigenvalue weighted by atomic mass is 16.5. The Labute approximate surface area is 113 Å². The number of fused-ring (bicyclic) bond motifs is 1. The summed E-state index contributed by atoms with van der Waals surface area (Å²) in [5.41, 5.74) is 1.96. The van der Waals surface area contributed by atoms with Gasteiger partial charge in [0.1, 0.15) is 5.75 Å². The second-order valence-electron chi connectivity index (χ2n) is 5.27. The number of carbonyl (C=O) groups is 1. The summed E-state index contributed by atoms with van der Waals surface area (Å²) in [6.07, 6.45) is 3.11. The first kappa shape index (κ1) is 12.5. The summed E-state index contributed by atoms with van der Waals surface area (Å²) in [5, 5.41) is 3.17. The standard InChI is InChI=1S/C15H20N2O2/c1-16-10-13-3-2-7-17(13)15(18)12-4-5-14-11(9-12)6-8-19-14/h4-5,9,13,16H,2-3,6-8,10H2,1H3. The Morgan fingerprint density at radius 2 is 2.42 bits per heavy atom. The Balaban J connectivity index is 1.79. The molecule has 2 aliphatic heterocycles. The van der Waals surface area contributed by atoms with E-state index in [0.29, 0.717) is 6.04 Å². The number of hydrogen-bond donors (Lipinski definition) is 1. The molecule has 1 unspecified atom stereocenters. The normalized spacial score (nSPS) is 21.3. The number of amides is 1. The Morgan fingerprint density at radius 1 is 1.53 bits per heavy atom. The first-order chi connectivity index (χ1) is 9.29. The highest BCUT2D eigenvalue weighted by molar-refractivity contribution is 5.95. The van der Waals surface area contributed by atoms with E-state index in [2.05, 4.69) is 5.32 Å². The van der Waals surface area contributed by atoms with Crippen molar-refractivity contribution in [3.8, 4) is 5.75 Å². The largest absolute Gasteiger partial charge is 0.493 e. The highest BCUT2D eigenvalue weighted by Crippen LogP contribution is 2.27.